The van der Waals surface area contributed by atoms with Gasteiger partial charge in [0.05, 0.1) is 11.9 Å². The molecule has 0 bridgehead atoms. The van der Waals surface area contributed by atoms with Crippen LogP contribution in [0.2, 0.25) is 0 Å². The number of hydrogen-bond donors (Lipinski definition) is 3. The number of amides is 1. The van der Waals surface area contributed by atoms with Crippen LogP contribution in [0.1, 0.15) is 91.9 Å². The predicted molar refractivity (Wildman–Crippen MR) is 170 cm³/mol. The van der Waals surface area contributed by atoms with E-state index in [4.69, 9.17) is 9.29 Å². The number of ketones is 2. The average molecular weight is 666 g/mol. The number of nitrogens with zero attached hydrogens (tertiary/aromatic N) is 1. The first kappa shape index (κ1) is 36.4. The zero-order chi connectivity index (χ0) is 34.3. The summed E-state index contributed by atoms with van der Waals surface area (Å²) in [6, 6.07) is 0. The molecule has 11 nitrogen and oxygen atoms in total. The summed E-state index contributed by atoms with van der Waals surface area (Å²) < 4.78 is 35.8. The molecule has 4 rings (SSSR count). The van der Waals surface area contributed by atoms with Crippen LogP contribution in [0.25, 0.3) is 0 Å². The average Bonchev–Trinajstić information content (AvgIpc) is 3.19. The fourth-order valence-electron chi connectivity index (χ4n) is 9.34. The van der Waals surface area contributed by atoms with E-state index in [-0.39, 0.29) is 61.7 Å². The number of allylic oxidation sites excluding steroid dienone is 4. The van der Waals surface area contributed by atoms with Crippen molar-refractivity contribution in [2.24, 2.45) is 34.0 Å². The van der Waals surface area contributed by atoms with Gasteiger partial charge in [0.2, 0.25) is 11.7 Å². The quantitative estimate of drug-likeness (QED) is 0.150. The van der Waals surface area contributed by atoms with Gasteiger partial charge in [-0.2, -0.15) is 8.42 Å². The van der Waals surface area contributed by atoms with Gasteiger partial charge in [0.15, 0.2) is 12.4 Å². The second-order valence-corrected chi connectivity index (χ2v) is 16.4. The number of aliphatic hydroxyl groups is 2. The van der Waals surface area contributed by atoms with Crippen LogP contribution < -0.4 is 0 Å². The lowest BCUT2D eigenvalue weighted by Gasteiger charge is -2.65. The molecule has 8 atom stereocenters. The Morgan fingerprint density at radius 3 is 2.37 bits per heavy atom. The minimum Gasteiger partial charge on any atom is -0.458 e. The van der Waals surface area contributed by atoms with E-state index < -0.39 is 62.2 Å². The van der Waals surface area contributed by atoms with E-state index in [0.717, 1.165) is 12.0 Å². The summed E-state index contributed by atoms with van der Waals surface area (Å²) in [5.41, 5.74) is -2.60. The van der Waals surface area contributed by atoms with E-state index in [1.807, 2.05) is 13.0 Å². The maximum atomic E-state index is 13.6. The van der Waals surface area contributed by atoms with Gasteiger partial charge in [-0.15, -0.1) is 0 Å². The fraction of sp³-hybridized carbons (Fsp3) is 0.765. The van der Waals surface area contributed by atoms with Crippen molar-refractivity contribution in [3.63, 3.8) is 0 Å². The number of carbonyl (C=O) groups is 4. The Morgan fingerprint density at radius 2 is 1.72 bits per heavy atom. The molecule has 0 saturated heterocycles. The molecule has 1 amide bonds. The maximum Gasteiger partial charge on any atom is 0.306 e. The first-order chi connectivity index (χ1) is 21.3. The van der Waals surface area contributed by atoms with Crippen LogP contribution >= 0.6 is 0 Å². The van der Waals surface area contributed by atoms with Gasteiger partial charge in [0.1, 0.15) is 5.60 Å². The Hall–Kier alpha value is -2.41. The van der Waals surface area contributed by atoms with E-state index in [1.54, 1.807) is 12.2 Å². The van der Waals surface area contributed by atoms with Gasteiger partial charge in [0, 0.05) is 43.2 Å². The van der Waals surface area contributed by atoms with Crippen LogP contribution in [-0.2, 0) is 34.0 Å². The molecule has 0 aromatic carbocycles. The molecule has 0 spiro atoms. The number of hydrogen-bond acceptors (Lipinski definition) is 9. The largest absolute Gasteiger partial charge is 0.458 e. The summed E-state index contributed by atoms with van der Waals surface area (Å²) in [5.74, 6) is -1.91. The zero-order valence-corrected chi connectivity index (χ0v) is 28.6. The highest BCUT2D eigenvalue weighted by Crippen LogP contribution is 2.73. The molecule has 0 heterocycles. The van der Waals surface area contributed by atoms with Crippen molar-refractivity contribution in [1.29, 1.82) is 0 Å². The lowest BCUT2D eigenvalue weighted by molar-refractivity contribution is -0.207. The van der Waals surface area contributed by atoms with Crippen LogP contribution in [0.15, 0.2) is 23.8 Å². The molecule has 4 aliphatic rings. The number of Topliss-reactive ketones (excluding diaryl/α,β-unsaturated/α-hetero) is 1. The van der Waals surface area contributed by atoms with Crippen molar-refractivity contribution in [2.45, 2.75) is 104 Å². The maximum absolute atomic E-state index is 13.6. The number of fused-ring (bicyclic) bond motifs is 5. The molecule has 12 heteroatoms. The first-order valence-electron chi connectivity index (χ1n) is 16.5. The SMILES string of the molecule is C[C@H]1C[C@@H]2[C@H]([C@@H](O)C[C@@]3(C)[C@@]2(C)CC[C@]3(O)C(=O)COC(=O)CCCCCCC(=O)N(C)CCS(=O)(=O)O)[C@@]2(C)C=CC(=O)C=C12. The summed E-state index contributed by atoms with van der Waals surface area (Å²) in [4.78, 5) is 51.7. The number of unbranched alkanes of at least 4 members (excludes halogenated alkanes) is 3. The third-order valence-electron chi connectivity index (χ3n) is 12.3. The van der Waals surface area contributed by atoms with Crippen molar-refractivity contribution in [1.82, 2.24) is 4.90 Å². The van der Waals surface area contributed by atoms with Gasteiger partial charge < -0.3 is 19.8 Å². The Balaban J connectivity index is 1.28. The third-order valence-corrected chi connectivity index (χ3v) is 13.0. The molecule has 3 N–H and O–H groups in total. The van der Waals surface area contributed by atoms with Gasteiger partial charge >= 0.3 is 5.97 Å². The fourth-order valence-corrected chi connectivity index (χ4v) is 9.84. The highest BCUT2D eigenvalue weighted by molar-refractivity contribution is 7.85. The molecule has 0 unspecified atom stereocenters. The number of esters is 1. The third kappa shape index (κ3) is 6.64. The van der Waals surface area contributed by atoms with Gasteiger partial charge in [-0.3, -0.25) is 23.7 Å². The van der Waals surface area contributed by atoms with Crippen molar-refractivity contribution >= 4 is 33.6 Å². The van der Waals surface area contributed by atoms with Gasteiger partial charge in [0.25, 0.3) is 10.1 Å². The second kappa shape index (κ2) is 13.2. The Labute approximate surface area is 272 Å². The normalized spacial score (nSPS) is 36.7. The van der Waals surface area contributed by atoms with E-state index in [1.165, 1.54) is 11.9 Å². The van der Waals surface area contributed by atoms with Crippen LogP contribution in [-0.4, -0.2) is 89.2 Å². The van der Waals surface area contributed by atoms with Crippen molar-refractivity contribution in [3.05, 3.63) is 23.8 Å². The minimum atomic E-state index is -4.13. The Morgan fingerprint density at radius 1 is 1.07 bits per heavy atom. The molecular weight excluding hydrogens is 614 g/mol. The molecule has 258 valence electrons. The summed E-state index contributed by atoms with van der Waals surface area (Å²) >= 11 is 0. The topological polar surface area (TPSA) is 176 Å². The summed E-state index contributed by atoms with van der Waals surface area (Å²) in [7, 11) is -2.66. The highest BCUT2D eigenvalue weighted by atomic mass is 32.2. The van der Waals surface area contributed by atoms with E-state index in [2.05, 4.69) is 20.8 Å². The molecule has 3 fully saturated rings. The lowest BCUT2D eigenvalue weighted by atomic mass is 9.40. The van der Waals surface area contributed by atoms with E-state index >= 15 is 0 Å². The highest BCUT2D eigenvalue weighted by Gasteiger charge is 2.73. The summed E-state index contributed by atoms with van der Waals surface area (Å²) in [5, 5.41) is 23.7. The first-order valence-corrected chi connectivity index (χ1v) is 18.1. The molecule has 4 aliphatic carbocycles. The van der Waals surface area contributed by atoms with Crippen LogP contribution in [0.4, 0.5) is 0 Å². The molecule has 0 aromatic heterocycles. The van der Waals surface area contributed by atoms with Crippen LogP contribution in [0, 0.1) is 34.0 Å². The number of rotatable bonds is 13. The van der Waals surface area contributed by atoms with Gasteiger partial charge in [-0.1, -0.05) is 52.2 Å². The lowest BCUT2D eigenvalue weighted by Crippen LogP contribution is -2.66. The molecule has 0 aromatic rings. The monoisotopic (exact) mass is 665 g/mol. The molecular formula is C34H51NO10S. The minimum absolute atomic E-state index is 0.00741. The van der Waals surface area contributed by atoms with Gasteiger partial charge in [-0.25, -0.2) is 0 Å². The van der Waals surface area contributed by atoms with Crippen molar-refractivity contribution in [3.8, 4) is 0 Å². The second-order valence-electron chi connectivity index (χ2n) is 14.9. The Bertz CT molecular complexity index is 1410. The van der Waals surface area contributed by atoms with Crippen molar-refractivity contribution < 1.29 is 47.1 Å². The molecule has 0 radical (unpaired) electrons. The standard InChI is InChI=1S/C34H51NO10S/c1-22-18-25-30(31(2)13-12-23(36)19-24(22)31)26(37)20-33(4)32(25,3)14-15-34(33,41)27(38)21-45-29(40)11-9-7-6-8-10-28(39)35(5)16-17-46(42,43)44/h12-13,19,22,25-26,30,37,41H,6-11,14-18,20-21H2,1-5H3,(H,42,43,44)/t22-,25+,26-,30+,31-,32-,33-,34-/m0/s1. The van der Waals surface area contributed by atoms with Crippen LogP contribution in [0.5, 0.6) is 0 Å². The molecule has 46 heavy (non-hydrogen) atoms. The summed E-state index contributed by atoms with van der Waals surface area (Å²) in [6.07, 6.45) is 8.93. The molecule has 3 saturated carbocycles. The smallest absolute Gasteiger partial charge is 0.306 e. The number of aliphatic hydroxyl groups excluding tert-OH is 1. The predicted octanol–water partition coefficient (Wildman–Crippen LogP) is 3.43. The van der Waals surface area contributed by atoms with Crippen LogP contribution in [0.3, 0.4) is 0 Å². The number of carbonyl (C=O) groups excluding carboxylic acids is 4. The molecule has 0 aliphatic heterocycles. The summed E-state index contributed by atoms with van der Waals surface area (Å²) in [6.45, 7) is 7.59. The van der Waals surface area contributed by atoms with Crippen molar-refractivity contribution in [2.75, 3.05) is 26.0 Å². The number of ether oxygens (including phenoxy) is 1. The zero-order valence-electron chi connectivity index (χ0n) is 27.8. The Kier molecular flexibility index (Phi) is 10.5. The van der Waals surface area contributed by atoms with E-state index in [9.17, 15) is 37.8 Å². The van der Waals surface area contributed by atoms with E-state index in [0.29, 0.717) is 32.1 Å². The van der Waals surface area contributed by atoms with Gasteiger partial charge in [-0.05, 0) is 67.9 Å².